The van der Waals surface area contributed by atoms with Crippen LogP contribution in [0.5, 0.6) is 0 Å². The summed E-state index contributed by atoms with van der Waals surface area (Å²) in [6.07, 6.45) is 1.27. The number of carboxylic acid groups (broad SMARTS) is 1. The van der Waals surface area contributed by atoms with Gasteiger partial charge in [0.2, 0.25) is 0 Å². The number of benzene rings is 2. The number of nitrogens with zero attached hydrogens (tertiary/aromatic N) is 1. The molecule has 2 aromatic carbocycles. The van der Waals surface area contributed by atoms with E-state index in [0.717, 1.165) is 0 Å². The van der Waals surface area contributed by atoms with Crippen LogP contribution in [0.1, 0.15) is 10.4 Å². The Labute approximate surface area is 149 Å². The lowest BCUT2D eigenvalue weighted by Gasteiger charge is -2.07. The summed E-state index contributed by atoms with van der Waals surface area (Å²) < 4.78 is 23.7. The molecule has 10 heteroatoms. The standard InChI is InChI=1S/C16H16N4O5S/c17-19-10-18-13-3-1-2-11(8-13)16(23)20-12-4-6-14(7-5-12)26(24,25)9-15(21)22/h1-8,10H,9,17H2,(H,18,19)(H,20,23)(H,21,22). The van der Waals surface area contributed by atoms with Gasteiger partial charge in [-0.3, -0.25) is 9.59 Å². The zero-order valence-electron chi connectivity index (χ0n) is 13.4. The fourth-order valence-corrected chi connectivity index (χ4v) is 3.08. The maximum Gasteiger partial charge on any atom is 0.319 e. The van der Waals surface area contributed by atoms with Gasteiger partial charge in [0.15, 0.2) is 15.6 Å². The molecule has 9 nitrogen and oxygen atoms in total. The Balaban J connectivity index is 2.13. The van der Waals surface area contributed by atoms with E-state index in [4.69, 9.17) is 10.9 Å². The molecule has 0 aromatic heterocycles. The summed E-state index contributed by atoms with van der Waals surface area (Å²) in [5.41, 5.74) is 3.48. The largest absolute Gasteiger partial charge is 0.480 e. The summed E-state index contributed by atoms with van der Waals surface area (Å²) in [5.74, 6) is 2.25. The number of carbonyl (C=O) groups is 2. The number of hydrogen-bond donors (Lipinski definition) is 4. The fraction of sp³-hybridized carbons (Fsp3) is 0.0625. The van der Waals surface area contributed by atoms with Gasteiger partial charge in [0.05, 0.1) is 10.6 Å². The number of aliphatic imine (C=N–C) groups is 1. The van der Waals surface area contributed by atoms with E-state index in [-0.39, 0.29) is 4.90 Å². The Hall–Kier alpha value is -3.24. The van der Waals surface area contributed by atoms with Crippen LogP contribution in [0.25, 0.3) is 0 Å². The first-order chi connectivity index (χ1) is 12.3. The van der Waals surface area contributed by atoms with Crippen LogP contribution in [0.4, 0.5) is 11.4 Å². The molecule has 0 heterocycles. The number of nitrogens with one attached hydrogen (secondary N) is 2. The average molecular weight is 376 g/mol. The van der Waals surface area contributed by atoms with Crippen LogP contribution >= 0.6 is 0 Å². The zero-order valence-corrected chi connectivity index (χ0v) is 14.2. The van der Waals surface area contributed by atoms with Gasteiger partial charge in [0.25, 0.3) is 5.91 Å². The second kappa shape index (κ2) is 8.23. The van der Waals surface area contributed by atoms with Gasteiger partial charge >= 0.3 is 5.97 Å². The molecule has 0 aliphatic rings. The van der Waals surface area contributed by atoms with Crippen molar-refractivity contribution in [2.24, 2.45) is 10.8 Å². The molecule has 0 spiro atoms. The molecule has 0 unspecified atom stereocenters. The second-order valence-electron chi connectivity index (χ2n) is 5.11. The van der Waals surface area contributed by atoms with Crippen LogP contribution in [0, 0.1) is 0 Å². The van der Waals surface area contributed by atoms with E-state index < -0.39 is 27.5 Å². The van der Waals surface area contributed by atoms with Gasteiger partial charge in [0.1, 0.15) is 6.34 Å². The van der Waals surface area contributed by atoms with Gasteiger partial charge < -0.3 is 15.8 Å². The maximum absolute atomic E-state index is 12.3. The number of sulfone groups is 1. The normalized spacial score (nSPS) is 11.3. The highest BCUT2D eigenvalue weighted by atomic mass is 32.2. The van der Waals surface area contributed by atoms with Crippen molar-refractivity contribution in [2.75, 3.05) is 11.1 Å². The molecule has 2 aromatic rings. The highest BCUT2D eigenvalue weighted by Crippen LogP contribution is 2.18. The highest BCUT2D eigenvalue weighted by Gasteiger charge is 2.18. The fourth-order valence-electron chi connectivity index (χ4n) is 2.03. The van der Waals surface area contributed by atoms with Crippen molar-refractivity contribution in [1.29, 1.82) is 0 Å². The summed E-state index contributed by atoms with van der Waals surface area (Å²) in [4.78, 5) is 26.7. The van der Waals surface area contributed by atoms with Crippen molar-refractivity contribution in [3.63, 3.8) is 0 Å². The summed E-state index contributed by atoms with van der Waals surface area (Å²) >= 11 is 0. The molecule has 0 saturated heterocycles. The molecule has 0 atom stereocenters. The first-order valence-corrected chi connectivity index (χ1v) is 8.92. The number of carboxylic acids is 1. The number of hydrazine groups is 1. The number of aliphatic carboxylic acids is 1. The summed E-state index contributed by atoms with van der Waals surface area (Å²) in [7, 11) is -3.92. The van der Waals surface area contributed by atoms with Crippen LogP contribution in [0.2, 0.25) is 0 Å². The third kappa shape index (κ3) is 5.13. The molecule has 2 rings (SSSR count). The molecule has 5 N–H and O–H groups in total. The van der Waals surface area contributed by atoms with E-state index in [1.54, 1.807) is 24.3 Å². The van der Waals surface area contributed by atoms with Gasteiger partial charge in [0, 0.05) is 11.3 Å². The second-order valence-corrected chi connectivity index (χ2v) is 7.10. The molecular formula is C16H16N4O5S. The van der Waals surface area contributed by atoms with E-state index in [1.807, 2.05) is 0 Å². The molecule has 0 saturated carbocycles. The number of amides is 1. The minimum absolute atomic E-state index is 0.136. The lowest BCUT2D eigenvalue weighted by Crippen LogP contribution is -2.18. The number of nitrogens with two attached hydrogens (primary N) is 1. The Kier molecular flexibility index (Phi) is 6.04. The first kappa shape index (κ1) is 19.1. The minimum Gasteiger partial charge on any atom is -0.480 e. The Morgan fingerprint density at radius 1 is 1.15 bits per heavy atom. The quantitative estimate of drug-likeness (QED) is 0.243. The molecular weight excluding hydrogens is 360 g/mol. The van der Waals surface area contributed by atoms with Crippen molar-refractivity contribution >= 4 is 39.4 Å². The lowest BCUT2D eigenvalue weighted by molar-refractivity contribution is -0.134. The molecule has 1 amide bonds. The predicted molar refractivity (Wildman–Crippen MR) is 96.0 cm³/mol. The molecule has 0 bridgehead atoms. The van der Waals surface area contributed by atoms with Gasteiger partial charge in [-0.15, -0.1) is 0 Å². The SMILES string of the molecule is NNC=Nc1cccc(C(=O)Nc2ccc(S(=O)(=O)CC(=O)O)cc2)c1. The van der Waals surface area contributed by atoms with E-state index in [2.05, 4.69) is 15.7 Å². The van der Waals surface area contributed by atoms with Crippen molar-refractivity contribution in [2.45, 2.75) is 4.90 Å². The Morgan fingerprint density at radius 3 is 2.46 bits per heavy atom. The van der Waals surface area contributed by atoms with E-state index >= 15 is 0 Å². The molecule has 0 aliphatic carbocycles. The van der Waals surface area contributed by atoms with Crippen molar-refractivity contribution in [3.8, 4) is 0 Å². The third-order valence-corrected chi connectivity index (χ3v) is 4.80. The Morgan fingerprint density at radius 2 is 1.85 bits per heavy atom. The minimum atomic E-state index is -3.92. The zero-order chi connectivity index (χ0) is 19.2. The van der Waals surface area contributed by atoms with Crippen LogP contribution in [0.3, 0.4) is 0 Å². The van der Waals surface area contributed by atoms with E-state index in [1.165, 1.54) is 30.6 Å². The van der Waals surface area contributed by atoms with Crippen LogP contribution < -0.4 is 16.6 Å². The topological polar surface area (TPSA) is 151 Å². The van der Waals surface area contributed by atoms with Crippen LogP contribution in [-0.4, -0.2) is 37.5 Å². The van der Waals surface area contributed by atoms with Crippen molar-refractivity contribution in [3.05, 3.63) is 54.1 Å². The Bertz CT molecular complexity index is 939. The van der Waals surface area contributed by atoms with E-state index in [0.29, 0.717) is 16.9 Å². The maximum atomic E-state index is 12.3. The molecule has 0 fully saturated rings. The number of anilines is 1. The van der Waals surface area contributed by atoms with Gasteiger partial charge in [-0.2, -0.15) is 0 Å². The summed E-state index contributed by atoms with van der Waals surface area (Å²) in [5, 5.41) is 11.2. The number of hydrogen-bond acceptors (Lipinski definition) is 6. The monoisotopic (exact) mass is 376 g/mol. The predicted octanol–water partition coefficient (Wildman–Crippen LogP) is 0.920. The highest BCUT2D eigenvalue weighted by molar-refractivity contribution is 7.92. The average Bonchev–Trinajstić information content (AvgIpc) is 2.59. The smallest absolute Gasteiger partial charge is 0.319 e. The first-order valence-electron chi connectivity index (χ1n) is 7.26. The molecule has 26 heavy (non-hydrogen) atoms. The number of rotatable bonds is 7. The summed E-state index contributed by atoms with van der Waals surface area (Å²) in [6.45, 7) is 0. The third-order valence-electron chi connectivity index (χ3n) is 3.18. The van der Waals surface area contributed by atoms with Crippen molar-refractivity contribution in [1.82, 2.24) is 5.43 Å². The van der Waals surface area contributed by atoms with Crippen LogP contribution in [0.15, 0.2) is 58.4 Å². The van der Waals surface area contributed by atoms with Gasteiger partial charge in [-0.05, 0) is 42.5 Å². The van der Waals surface area contributed by atoms with Crippen molar-refractivity contribution < 1.29 is 23.1 Å². The van der Waals surface area contributed by atoms with Gasteiger partial charge in [-0.25, -0.2) is 19.3 Å². The molecule has 136 valence electrons. The molecule has 0 aliphatic heterocycles. The summed E-state index contributed by atoms with van der Waals surface area (Å²) in [6, 6.07) is 11.7. The van der Waals surface area contributed by atoms with Crippen LogP contribution in [-0.2, 0) is 14.6 Å². The molecule has 0 radical (unpaired) electrons. The lowest BCUT2D eigenvalue weighted by atomic mass is 10.2. The van der Waals surface area contributed by atoms with Gasteiger partial charge in [-0.1, -0.05) is 6.07 Å². The number of carbonyl (C=O) groups excluding carboxylic acids is 1. The van der Waals surface area contributed by atoms with E-state index in [9.17, 15) is 18.0 Å².